The first-order chi connectivity index (χ1) is 19.3. The molecule has 0 unspecified atom stereocenters. The number of aliphatic hydroxyl groups is 2. The first-order valence-corrected chi connectivity index (χ1v) is 14.0. The van der Waals surface area contributed by atoms with E-state index in [4.69, 9.17) is 7.85 Å². The summed E-state index contributed by atoms with van der Waals surface area (Å²) in [6.45, 7) is 4.82. The van der Waals surface area contributed by atoms with E-state index in [1.54, 1.807) is 19.9 Å². The van der Waals surface area contributed by atoms with Gasteiger partial charge in [0.15, 0.2) is 13.7 Å². The molecule has 220 valence electrons. The number of nitrogens with zero attached hydrogens (tertiary/aromatic N) is 4. The van der Waals surface area contributed by atoms with Crippen LogP contribution in [0.5, 0.6) is 0 Å². The van der Waals surface area contributed by atoms with Gasteiger partial charge in [-0.2, -0.15) is 0 Å². The highest BCUT2D eigenvalue weighted by atomic mass is 19.3. The van der Waals surface area contributed by atoms with E-state index in [0.717, 1.165) is 25.7 Å². The van der Waals surface area contributed by atoms with Crippen molar-refractivity contribution in [3.63, 3.8) is 0 Å². The Morgan fingerprint density at radius 2 is 1.85 bits per heavy atom. The molecule has 0 atom stereocenters. The van der Waals surface area contributed by atoms with E-state index in [0.29, 0.717) is 11.0 Å². The summed E-state index contributed by atoms with van der Waals surface area (Å²) in [5.41, 5.74) is -0.714. The highest BCUT2D eigenvalue weighted by Crippen LogP contribution is 2.51. The van der Waals surface area contributed by atoms with Gasteiger partial charge in [0.2, 0.25) is 12.4 Å². The maximum atomic E-state index is 15.3. The molecule has 2 saturated carbocycles. The van der Waals surface area contributed by atoms with Crippen LogP contribution in [0.3, 0.4) is 0 Å². The first-order valence-electron chi connectivity index (χ1n) is 14.0. The summed E-state index contributed by atoms with van der Waals surface area (Å²) in [6.07, 6.45) is 8.27. The SMILES string of the molecule is CCC(F)F.[B]C(O)(O)Cc1nc(NC2CCC3(CCC3)CC2)nn2cc(F)c(-c3cc(C)c(N=CC)c(F)c3)c12. The van der Waals surface area contributed by atoms with Gasteiger partial charge in [0.25, 0.3) is 0 Å². The summed E-state index contributed by atoms with van der Waals surface area (Å²) in [6, 6.07) is 3.01. The Bertz CT molecular complexity index is 1370. The van der Waals surface area contributed by atoms with Crippen LogP contribution in [-0.2, 0) is 6.42 Å². The molecule has 2 aliphatic rings. The van der Waals surface area contributed by atoms with E-state index in [9.17, 15) is 23.4 Å². The predicted molar refractivity (Wildman–Crippen MR) is 152 cm³/mol. The van der Waals surface area contributed by atoms with Crippen LogP contribution in [0.4, 0.5) is 29.2 Å². The van der Waals surface area contributed by atoms with Crippen LogP contribution in [0.2, 0.25) is 0 Å². The Labute approximate surface area is 238 Å². The van der Waals surface area contributed by atoms with Crippen molar-refractivity contribution in [2.24, 2.45) is 10.4 Å². The Hall–Kier alpha value is -2.99. The summed E-state index contributed by atoms with van der Waals surface area (Å²) in [4.78, 5) is 8.56. The number of aryl methyl sites for hydroxylation is 1. The molecule has 3 N–H and O–H groups in total. The zero-order valence-corrected chi connectivity index (χ0v) is 23.6. The highest BCUT2D eigenvalue weighted by Gasteiger charge is 2.40. The molecule has 1 spiro atoms. The molecule has 41 heavy (non-hydrogen) atoms. The second-order valence-corrected chi connectivity index (χ2v) is 11.2. The van der Waals surface area contributed by atoms with Gasteiger partial charge >= 0.3 is 0 Å². The molecule has 0 amide bonds. The van der Waals surface area contributed by atoms with Crippen LogP contribution in [0.25, 0.3) is 16.6 Å². The third-order valence-electron chi connectivity index (χ3n) is 7.99. The van der Waals surface area contributed by atoms with Gasteiger partial charge in [0.1, 0.15) is 17.2 Å². The van der Waals surface area contributed by atoms with E-state index < -0.39 is 30.2 Å². The number of fused-ring (bicyclic) bond motifs is 1. The van der Waals surface area contributed by atoms with Gasteiger partial charge in [-0.15, -0.1) is 5.10 Å². The highest BCUT2D eigenvalue weighted by molar-refractivity contribution is 6.13. The molecule has 2 aromatic heterocycles. The van der Waals surface area contributed by atoms with E-state index in [-0.39, 0.29) is 46.4 Å². The molecule has 0 saturated heterocycles. The fourth-order valence-corrected chi connectivity index (χ4v) is 5.74. The summed E-state index contributed by atoms with van der Waals surface area (Å²) >= 11 is 0. The maximum absolute atomic E-state index is 15.3. The number of rotatable bonds is 7. The van der Waals surface area contributed by atoms with Gasteiger partial charge in [0.05, 0.1) is 17.4 Å². The molecular formula is C29H36BF4N5O2. The van der Waals surface area contributed by atoms with Gasteiger partial charge < -0.3 is 15.5 Å². The average molecular weight is 573 g/mol. The minimum atomic E-state index is -2.58. The minimum Gasteiger partial charge on any atom is -0.375 e. The number of hydrogen-bond donors (Lipinski definition) is 3. The molecule has 7 nitrogen and oxygen atoms in total. The number of benzene rings is 1. The number of nitrogens with one attached hydrogen (secondary N) is 1. The molecule has 2 radical (unpaired) electrons. The predicted octanol–water partition coefficient (Wildman–Crippen LogP) is 6.24. The van der Waals surface area contributed by atoms with Gasteiger partial charge in [-0.1, -0.05) is 13.3 Å². The summed E-state index contributed by atoms with van der Waals surface area (Å²) < 4.78 is 53.0. The second kappa shape index (κ2) is 12.5. The third kappa shape index (κ3) is 7.27. The van der Waals surface area contributed by atoms with Crippen LogP contribution < -0.4 is 5.32 Å². The smallest absolute Gasteiger partial charge is 0.241 e. The van der Waals surface area contributed by atoms with Crippen molar-refractivity contribution >= 4 is 31.2 Å². The number of hydrogen-bond acceptors (Lipinski definition) is 6. The summed E-state index contributed by atoms with van der Waals surface area (Å²) in [5.74, 6) is -0.981. The first kappa shape index (κ1) is 31.0. The Balaban J connectivity index is 0.000000714. The van der Waals surface area contributed by atoms with Crippen LogP contribution in [0.15, 0.2) is 23.3 Å². The van der Waals surface area contributed by atoms with Crippen LogP contribution in [0.1, 0.15) is 76.5 Å². The lowest BCUT2D eigenvalue weighted by atomic mass is 9.60. The molecule has 5 rings (SSSR count). The Morgan fingerprint density at radius 1 is 1.20 bits per heavy atom. The Kier molecular flexibility index (Phi) is 9.43. The van der Waals surface area contributed by atoms with Crippen molar-refractivity contribution in [3.8, 4) is 11.1 Å². The Morgan fingerprint density at radius 3 is 2.37 bits per heavy atom. The van der Waals surface area contributed by atoms with Gasteiger partial charge in [-0.3, -0.25) is 4.99 Å². The second-order valence-electron chi connectivity index (χ2n) is 11.2. The number of anilines is 1. The number of halogens is 4. The molecule has 1 aromatic carbocycles. The van der Waals surface area contributed by atoms with Crippen molar-refractivity contribution in [1.29, 1.82) is 0 Å². The normalized spacial score (nSPS) is 17.2. The topological polar surface area (TPSA) is 95.0 Å². The number of aromatic nitrogens is 3. The number of alkyl halides is 2. The fraction of sp³-hybridized carbons (Fsp3) is 0.552. The zero-order valence-electron chi connectivity index (χ0n) is 23.6. The van der Waals surface area contributed by atoms with Gasteiger partial charge in [0, 0.05) is 30.7 Å². The molecule has 12 heteroatoms. The molecule has 3 aromatic rings. The van der Waals surface area contributed by atoms with E-state index in [1.165, 1.54) is 49.2 Å². The molecule has 0 bridgehead atoms. The van der Waals surface area contributed by atoms with Crippen molar-refractivity contribution < 1.29 is 27.8 Å². The number of aliphatic imine (C=N–C) groups is 1. The van der Waals surface area contributed by atoms with Crippen molar-refractivity contribution in [1.82, 2.24) is 14.6 Å². The largest absolute Gasteiger partial charge is 0.375 e. The van der Waals surface area contributed by atoms with Crippen molar-refractivity contribution in [2.75, 3.05) is 5.32 Å². The lowest BCUT2D eigenvalue weighted by Crippen LogP contribution is -2.38. The quantitative estimate of drug-likeness (QED) is 0.135. The van der Waals surface area contributed by atoms with Crippen LogP contribution in [-0.4, -0.2) is 57.0 Å². The fourth-order valence-electron chi connectivity index (χ4n) is 5.74. The molecule has 2 heterocycles. The minimum absolute atomic E-state index is 0.0278. The molecule has 0 aliphatic heterocycles. The molecule has 2 fully saturated rings. The standard InChI is InChI=1S/C26H30BF2N5O2.C3H6F2/c1-3-30-22-15(2)11-16(12-18(22)28)21-19(29)14-34-23(21)20(13-26(27,35)36)32-24(33-34)31-17-5-9-25(10-6-17)7-4-8-25;1-2-3(4)5/h3,11-12,14,17,35-36H,4-10,13H2,1-2H3,(H,31,33);3H,2H2,1H3. The van der Waals surface area contributed by atoms with Crippen LogP contribution in [0, 0.1) is 24.0 Å². The van der Waals surface area contributed by atoms with Gasteiger partial charge in [-0.05, 0) is 81.0 Å². The monoisotopic (exact) mass is 573 g/mol. The molecular weight excluding hydrogens is 537 g/mol. The third-order valence-corrected chi connectivity index (χ3v) is 7.99. The summed E-state index contributed by atoms with van der Waals surface area (Å²) in [7, 11) is 5.49. The lowest BCUT2D eigenvalue weighted by molar-refractivity contribution is -0.0837. The lowest BCUT2D eigenvalue weighted by Gasteiger charge is -2.47. The van der Waals surface area contributed by atoms with Crippen molar-refractivity contribution in [3.05, 3.63) is 41.2 Å². The summed E-state index contributed by atoms with van der Waals surface area (Å²) in [5, 5.41) is 27.7. The maximum Gasteiger partial charge on any atom is 0.241 e. The van der Waals surface area contributed by atoms with Crippen molar-refractivity contribution in [2.45, 2.75) is 96.7 Å². The van der Waals surface area contributed by atoms with E-state index in [2.05, 4.69) is 20.4 Å². The average Bonchev–Trinajstić information content (AvgIpc) is 3.21. The van der Waals surface area contributed by atoms with Crippen LogP contribution >= 0.6 is 0 Å². The molecule has 2 aliphatic carbocycles. The zero-order chi connectivity index (χ0) is 29.9. The van der Waals surface area contributed by atoms with Gasteiger partial charge in [-0.25, -0.2) is 27.1 Å². The van der Waals surface area contributed by atoms with E-state index >= 15 is 4.39 Å². The van der Waals surface area contributed by atoms with E-state index in [1.807, 2.05) is 0 Å².